The number of aliphatic hydroxyl groups excluding tert-OH is 1. The molecule has 0 aliphatic heterocycles. The standard InChI is InChI=1S/C16H33NO4/c1-2-3-4-5-6-7-8-9-10-11-12-13-14(18)16(20,21)15(17)19/h14,18,20-21H,2-13H2,1H3,(H2,17,19). The number of hydrogen-bond donors (Lipinski definition) is 4. The van der Waals surface area contributed by atoms with E-state index in [0.717, 1.165) is 12.8 Å². The predicted molar refractivity (Wildman–Crippen MR) is 83.4 cm³/mol. The number of aliphatic hydroxyl groups is 3. The van der Waals surface area contributed by atoms with Gasteiger partial charge in [-0.1, -0.05) is 77.6 Å². The molecule has 0 aliphatic rings. The smallest absolute Gasteiger partial charge is 0.280 e. The molecule has 5 heteroatoms. The van der Waals surface area contributed by atoms with E-state index >= 15 is 0 Å². The van der Waals surface area contributed by atoms with Crippen molar-refractivity contribution in [1.29, 1.82) is 0 Å². The van der Waals surface area contributed by atoms with Crippen molar-refractivity contribution in [3.8, 4) is 0 Å². The van der Waals surface area contributed by atoms with Gasteiger partial charge in [0.1, 0.15) is 6.10 Å². The van der Waals surface area contributed by atoms with E-state index in [1.807, 2.05) is 0 Å². The number of nitrogens with two attached hydrogens (primary N) is 1. The number of amides is 1. The zero-order valence-corrected chi connectivity index (χ0v) is 13.4. The Morgan fingerprint density at radius 1 is 0.905 bits per heavy atom. The van der Waals surface area contributed by atoms with Crippen LogP contribution in [-0.2, 0) is 4.79 Å². The molecule has 0 aromatic heterocycles. The molecule has 5 nitrogen and oxygen atoms in total. The molecule has 0 saturated heterocycles. The van der Waals surface area contributed by atoms with Crippen LogP contribution in [-0.4, -0.2) is 33.1 Å². The number of primary amides is 1. The Morgan fingerprint density at radius 2 is 1.29 bits per heavy atom. The van der Waals surface area contributed by atoms with Crippen molar-refractivity contribution in [1.82, 2.24) is 0 Å². The molecule has 0 fully saturated rings. The molecule has 1 atom stereocenters. The molecule has 0 rings (SSSR count). The molecular formula is C16H33NO4. The fourth-order valence-electron chi connectivity index (χ4n) is 2.37. The van der Waals surface area contributed by atoms with Crippen LogP contribution >= 0.6 is 0 Å². The summed E-state index contributed by atoms with van der Waals surface area (Å²) in [7, 11) is 0. The second kappa shape index (κ2) is 12.0. The zero-order chi connectivity index (χ0) is 16.1. The maximum atomic E-state index is 10.7. The lowest BCUT2D eigenvalue weighted by Crippen LogP contribution is -2.53. The van der Waals surface area contributed by atoms with E-state index in [9.17, 15) is 20.1 Å². The Hall–Kier alpha value is -0.650. The van der Waals surface area contributed by atoms with E-state index < -0.39 is 17.8 Å². The normalized spacial score (nSPS) is 13.3. The summed E-state index contributed by atoms with van der Waals surface area (Å²) in [6.45, 7) is 2.22. The summed E-state index contributed by atoms with van der Waals surface area (Å²) in [4.78, 5) is 10.7. The fraction of sp³-hybridized carbons (Fsp3) is 0.938. The van der Waals surface area contributed by atoms with Crippen molar-refractivity contribution in [2.45, 2.75) is 95.9 Å². The maximum Gasteiger partial charge on any atom is 0.280 e. The van der Waals surface area contributed by atoms with Gasteiger partial charge in [-0.2, -0.15) is 0 Å². The summed E-state index contributed by atoms with van der Waals surface area (Å²) >= 11 is 0. The molecule has 1 amide bonds. The highest BCUT2D eigenvalue weighted by molar-refractivity contribution is 5.81. The van der Waals surface area contributed by atoms with Gasteiger partial charge in [0.05, 0.1) is 0 Å². The van der Waals surface area contributed by atoms with Crippen molar-refractivity contribution in [3.05, 3.63) is 0 Å². The van der Waals surface area contributed by atoms with Crippen LogP contribution in [0.15, 0.2) is 0 Å². The summed E-state index contributed by atoms with van der Waals surface area (Å²) in [6, 6.07) is 0. The van der Waals surface area contributed by atoms with Crippen molar-refractivity contribution in [3.63, 3.8) is 0 Å². The molecule has 0 spiro atoms. The number of carbonyl (C=O) groups is 1. The van der Waals surface area contributed by atoms with E-state index in [-0.39, 0.29) is 6.42 Å². The molecule has 0 saturated carbocycles. The van der Waals surface area contributed by atoms with E-state index in [1.54, 1.807) is 0 Å². The highest BCUT2D eigenvalue weighted by Gasteiger charge is 2.38. The Morgan fingerprint density at radius 3 is 1.67 bits per heavy atom. The maximum absolute atomic E-state index is 10.7. The zero-order valence-electron chi connectivity index (χ0n) is 13.4. The monoisotopic (exact) mass is 303 g/mol. The Kier molecular flexibility index (Phi) is 11.6. The van der Waals surface area contributed by atoms with Crippen LogP contribution in [0.1, 0.15) is 84.0 Å². The van der Waals surface area contributed by atoms with Crippen LogP contribution in [0.4, 0.5) is 0 Å². The highest BCUT2D eigenvalue weighted by atomic mass is 16.5. The third kappa shape index (κ3) is 9.82. The molecule has 0 aromatic carbocycles. The Balaban J connectivity index is 3.38. The van der Waals surface area contributed by atoms with Crippen molar-refractivity contribution >= 4 is 5.91 Å². The quantitative estimate of drug-likeness (QED) is 0.292. The van der Waals surface area contributed by atoms with Gasteiger partial charge in [-0.15, -0.1) is 0 Å². The second-order valence-electron chi connectivity index (χ2n) is 5.93. The topological polar surface area (TPSA) is 104 Å². The van der Waals surface area contributed by atoms with Gasteiger partial charge in [0.2, 0.25) is 0 Å². The summed E-state index contributed by atoms with van der Waals surface area (Å²) in [6.07, 6.45) is 11.6. The van der Waals surface area contributed by atoms with Crippen molar-refractivity contribution < 1.29 is 20.1 Å². The minimum Gasteiger partial charge on any atom is -0.387 e. The second-order valence-corrected chi connectivity index (χ2v) is 5.93. The Labute approximate surface area is 128 Å². The van der Waals surface area contributed by atoms with Crippen LogP contribution in [0, 0.1) is 0 Å². The third-order valence-corrected chi connectivity index (χ3v) is 3.91. The predicted octanol–water partition coefficient (Wildman–Crippen LogP) is 2.21. The van der Waals surface area contributed by atoms with Gasteiger partial charge in [-0.3, -0.25) is 4.79 Å². The minimum absolute atomic E-state index is 0.174. The molecule has 0 aromatic rings. The van der Waals surface area contributed by atoms with Crippen LogP contribution < -0.4 is 5.73 Å². The molecule has 126 valence electrons. The molecule has 21 heavy (non-hydrogen) atoms. The first-order valence-electron chi connectivity index (χ1n) is 8.35. The average Bonchev–Trinajstić information content (AvgIpc) is 2.44. The van der Waals surface area contributed by atoms with Crippen molar-refractivity contribution in [2.75, 3.05) is 0 Å². The summed E-state index contributed by atoms with van der Waals surface area (Å²) < 4.78 is 0. The molecule has 1 unspecified atom stereocenters. The van der Waals surface area contributed by atoms with Crippen LogP contribution in [0.3, 0.4) is 0 Å². The molecule has 0 aliphatic carbocycles. The lowest BCUT2D eigenvalue weighted by Gasteiger charge is -2.23. The first-order chi connectivity index (χ1) is 9.92. The molecule has 0 radical (unpaired) electrons. The van der Waals surface area contributed by atoms with Gasteiger partial charge in [0, 0.05) is 0 Å². The fourth-order valence-corrected chi connectivity index (χ4v) is 2.37. The number of carbonyl (C=O) groups excluding carboxylic acids is 1. The lowest BCUT2D eigenvalue weighted by molar-refractivity contribution is -0.219. The van der Waals surface area contributed by atoms with Crippen molar-refractivity contribution in [2.24, 2.45) is 5.73 Å². The van der Waals surface area contributed by atoms with Crippen LogP contribution in [0.2, 0.25) is 0 Å². The molecular weight excluding hydrogens is 270 g/mol. The van der Waals surface area contributed by atoms with E-state index in [2.05, 4.69) is 6.92 Å². The van der Waals surface area contributed by atoms with Gasteiger partial charge in [0.25, 0.3) is 11.7 Å². The summed E-state index contributed by atoms with van der Waals surface area (Å²) in [5.74, 6) is -4.11. The number of unbranched alkanes of at least 4 members (excludes halogenated alkanes) is 10. The highest BCUT2D eigenvalue weighted by Crippen LogP contribution is 2.16. The van der Waals surface area contributed by atoms with Crippen LogP contribution in [0.5, 0.6) is 0 Å². The molecule has 0 heterocycles. The Bertz CT molecular complexity index is 269. The first kappa shape index (κ1) is 20.3. The number of hydrogen-bond acceptors (Lipinski definition) is 4. The largest absolute Gasteiger partial charge is 0.387 e. The van der Waals surface area contributed by atoms with Gasteiger partial charge in [-0.25, -0.2) is 0 Å². The number of rotatable bonds is 14. The molecule has 0 bridgehead atoms. The third-order valence-electron chi connectivity index (χ3n) is 3.91. The molecule has 5 N–H and O–H groups in total. The van der Waals surface area contributed by atoms with Gasteiger partial charge in [0.15, 0.2) is 0 Å². The summed E-state index contributed by atoms with van der Waals surface area (Å²) in [5, 5.41) is 28.0. The summed E-state index contributed by atoms with van der Waals surface area (Å²) in [5.41, 5.74) is 4.80. The van der Waals surface area contributed by atoms with Gasteiger partial charge < -0.3 is 21.1 Å². The van der Waals surface area contributed by atoms with E-state index in [4.69, 9.17) is 5.73 Å². The van der Waals surface area contributed by atoms with Gasteiger partial charge in [-0.05, 0) is 6.42 Å². The SMILES string of the molecule is CCCCCCCCCCCCCC(O)C(O)(O)C(N)=O. The first-order valence-corrected chi connectivity index (χ1v) is 8.35. The van der Waals surface area contributed by atoms with Crippen LogP contribution in [0.25, 0.3) is 0 Å². The lowest BCUT2D eigenvalue weighted by atomic mass is 10.0. The van der Waals surface area contributed by atoms with E-state index in [0.29, 0.717) is 6.42 Å². The average molecular weight is 303 g/mol. The van der Waals surface area contributed by atoms with Gasteiger partial charge >= 0.3 is 0 Å². The van der Waals surface area contributed by atoms with E-state index in [1.165, 1.54) is 51.4 Å². The minimum atomic E-state index is -2.81.